The molecule has 0 unspecified atom stereocenters. The first kappa shape index (κ1) is 14.9. The smallest absolute Gasteiger partial charge is 0.323 e. The normalized spacial score (nSPS) is 20.3. The minimum Gasteiger partial charge on any atom is -0.456 e. The lowest BCUT2D eigenvalue weighted by atomic mass is 10.0. The fraction of sp³-hybridized carbons (Fsp3) is 0.692. The third-order valence-corrected chi connectivity index (χ3v) is 3.59. The van der Waals surface area contributed by atoms with Gasteiger partial charge in [-0.2, -0.15) is 8.78 Å². The maximum atomic E-state index is 12.6. The van der Waals surface area contributed by atoms with Crippen molar-refractivity contribution < 1.29 is 18.3 Å². The van der Waals surface area contributed by atoms with Crippen LogP contribution >= 0.6 is 0 Å². The van der Waals surface area contributed by atoms with Gasteiger partial charge < -0.3 is 4.74 Å². The van der Waals surface area contributed by atoms with Gasteiger partial charge >= 0.3 is 12.5 Å². The fourth-order valence-electron chi connectivity index (χ4n) is 2.50. The molecule has 0 saturated carbocycles. The number of ether oxygens (including phenoxy) is 1. The number of hydrogen-bond donors (Lipinski definition) is 0. The topological polar surface area (TPSA) is 47.4 Å². The molecule has 1 aromatic heterocycles. The summed E-state index contributed by atoms with van der Waals surface area (Å²) in [6, 6.07) is -0.260. The van der Waals surface area contributed by atoms with Gasteiger partial charge in [-0.3, -0.25) is 14.3 Å². The van der Waals surface area contributed by atoms with Crippen molar-refractivity contribution in [2.75, 3.05) is 13.1 Å². The van der Waals surface area contributed by atoms with E-state index >= 15 is 0 Å². The number of piperidine rings is 1. The molecule has 0 amide bonds. The first-order valence-corrected chi connectivity index (χ1v) is 6.84. The second kappa shape index (κ2) is 6.78. The Labute approximate surface area is 116 Å². The predicted octanol–water partition coefficient (Wildman–Crippen LogP) is 2.20. The van der Waals surface area contributed by atoms with E-state index < -0.39 is 6.55 Å². The number of nitrogens with zero attached hydrogens (tertiary/aromatic N) is 3. The Morgan fingerprint density at radius 2 is 2.35 bits per heavy atom. The molecule has 1 saturated heterocycles. The highest BCUT2D eigenvalue weighted by Crippen LogP contribution is 2.19. The lowest BCUT2D eigenvalue weighted by Gasteiger charge is -2.32. The standard InChI is InChI=1S/C13H19F2N3O2/c1-2-17-7-4-3-5-10(17)12(19)20-9-11-16-6-8-18(11)13(14)15/h6,8,10,13H,2-5,7,9H2,1H3/t10-/m1/s1. The van der Waals surface area contributed by atoms with Crippen LogP contribution in [0.3, 0.4) is 0 Å². The third kappa shape index (κ3) is 3.33. The summed E-state index contributed by atoms with van der Waals surface area (Å²) in [4.78, 5) is 17.9. The molecular weight excluding hydrogens is 268 g/mol. The number of halogens is 2. The molecule has 20 heavy (non-hydrogen) atoms. The van der Waals surface area contributed by atoms with Crippen LogP contribution in [-0.2, 0) is 16.1 Å². The zero-order chi connectivity index (χ0) is 14.5. The van der Waals surface area contributed by atoms with Gasteiger partial charge in [0, 0.05) is 12.4 Å². The van der Waals surface area contributed by atoms with Crippen LogP contribution in [0.5, 0.6) is 0 Å². The lowest BCUT2D eigenvalue weighted by molar-refractivity contribution is -0.153. The molecule has 0 radical (unpaired) electrons. The Kier molecular flexibility index (Phi) is 5.05. The number of carbonyl (C=O) groups excluding carboxylic acids is 1. The van der Waals surface area contributed by atoms with E-state index in [9.17, 15) is 13.6 Å². The van der Waals surface area contributed by atoms with E-state index in [4.69, 9.17) is 4.74 Å². The van der Waals surface area contributed by atoms with E-state index in [0.717, 1.165) is 32.4 Å². The molecule has 1 aliphatic rings. The number of rotatable bonds is 5. The molecule has 1 fully saturated rings. The van der Waals surface area contributed by atoms with E-state index in [2.05, 4.69) is 9.88 Å². The maximum absolute atomic E-state index is 12.6. The molecule has 112 valence electrons. The predicted molar refractivity (Wildman–Crippen MR) is 68.2 cm³/mol. The highest BCUT2D eigenvalue weighted by atomic mass is 19.3. The summed E-state index contributed by atoms with van der Waals surface area (Å²) in [6.45, 7) is 0.764. The quantitative estimate of drug-likeness (QED) is 0.779. The minimum absolute atomic E-state index is 0.0622. The van der Waals surface area contributed by atoms with Crippen LogP contribution in [0.25, 0.3) is 0 Å². The van der Waals surface area contributed by atoms with Gasteiger partial charge in [-0.1, -0.05) is 13.3 Å². The van der Waals surface area contributed by atoms with Crippen molar-refractivity contribution >= 4 is 5.97 Å². The number of alkyl halides is 2. The molecule has 5 nitrogen and oxygen atoms in total. The molecule has 1 aliphatic heterocycles. The Morgan fingerprint density at radius 3 is 3.05 bits per heavy atom. The van der Waals surface area contributed by atoms with E-state index in [1.807, 2.05) is 6.92 Å². The van der Waals surface area contributed by atoms with Crippen LogP contribution in [-0.4, -0.2) is 39.6 Å². The summed E-state index contributed by atoms with van der Waals surface area (Å²) in [5, 5.41) is 0. The average molecular weight is 287 g/mol. The van der Waals surface area contributed by atoms with Crippen LogP contribution < -0.4 is 0 Å². The zero-order valence-corrected chi connectivity index (χ0v) is 11.5. The second-order valence-corrected chi connectivity index (χ2v) is 4.78. The molecule has 0 aliphatic carbocycles. The molecular formula is C13H19F2N3O2. The molecule has 0 bridgehead atoms. The summed E-state index contributed by atoms with van der Waals surface area (Å²) in [6.07, 6.45) is 5.27. The largest absolute Gasteiger partial charge is 0.456 e. The summed E-state index contributed by atoms with van der Waals surface area (Å²) in [7, 11) is 0. The number of aromatic nitrogens is 2. The third-order valence-electron chi connectivity index (χ3n) is 3.59. The monoisotopic (exact) mass is 287 g/mol. The van der Waals surface area contributed by atoms with Crippen molar-refractivity contribution in [2.45, 2.75) is 45.4 Å². The number of carbonyl (C=O) groups is 1. The molecule has 2 rings (SSSR count). The average Bonchev–Trinajstić information content (AvgIpc) is 2.93. The minimum atomic E-state index is -2.67. The molecule has 0 N–H and O–H groups in total. The van der Waals surface area contributed by atoms with Crippen molar-refractivity contribution in [3.8, 4) is 0 Å². The van der Waals surface area contributed by atoms with Crippen LogP contribution in [0.15, 0.2) is 12.4 Å². The van der Waals surface area contributed by atoms with E-state index in [1.165, 1.54) is 12.4 Å². The Balaban J connectivity index is 1.92. The van der Waals surface area contributed by atoms with Gasteiger partial charge in [-0.15, -0.1) is 0 Å². The number of esters is 1. The van der Waals surface area contributed by atoms with Crippen molar-refractivity contribution in [1.82, 2.24) is 14.5 Å². The highest BCUT2D eigenvalue weighted by molar-refractivity contribution is 5.75. The van der Waals surface area contributed by atoms with E-state index in [1.54, 1.807) is 0 Å². The van der Waals surface area contributed by atoms with Crippen molar-refractivity contribution in [2.24, 2.45) is 0 Å². The fourth-order valence-corrected chi connectivity index (χ4v) is 2.50. The first-order valence-electron chi connectivity index (χ1n) is 6.84. The van der Waals surface area contributed by atoms with Crippen molar-refractivity contribution in [1.29, 1.82) is 0 Å². The van der Waals surface area contributed by atoms with Gasteiger partial charge in [-0.25, -0.2) is 4.98 Å². The van der Waals surface area contributed by atoms with Crippen LogP contribution in [0, 0.1) is 0 Å². The maximum Gasteiger partial charge on any atom is 0.323 e. The van der Waals surface area contributed by atoms with E-state index in [-0.39, 0.29) is 24.4 Å². The van der Waals surface area contributed by atoms with Crippen LogP contribution in [0.1, 0.15) is 38.6 Å². The molecule has 0 aromatic carbocycles. The lowest BCUT2D eigenvalue weighted by Crippen LogP contribution is -2.45. The molecule has 1 atom stereocenters. The number of hydrogen-bond acceptors (Lipinski definition) is 4. The summed E-state index contributed by atoms with van der Waals surface area (Å²) in [5.41, 5.74) is 0. The number of imidazole rings is 1. The van der Waals surface area contributed by atoms with Crippen molar-refractivity contribution in [3.63, 3.8) is 0 Å². The summed E-state index contributed by atoms with van der Waals surface area (Å²) < 4.78 is 31.1. The SMILES string of the molecule is CCN1CCCC[C@@H]1C(=O)OCc1nccn1C(F)F. The molecule has 7 heteroatoms. The number of likely N-dealkylation sites (N-methyl/N-ethyl adjacent to an activating group) is 1. The van der Waals surface area contributed by atoms with Gasteiger partial charge in [-0.05, 0) is 25.9 Å². The summed E-state index contributed by atoms with van der Waals surface area (Å²) >= 11 is 0. The first-order chi connectivity index (χ1) is 9.63. The molecule has 2 heterocycles. The van der Waals surface area contributed by atoms with Gasteiger partial charge in [0.05, 0.1) is 0 Å². The molecule has 1 aromatic rings. The number of likely N-dealkylation sites (tertiary alicyclic amines) is 1. The van der Waals surface area contributed by atoms with Gasteiger partial charge in [0.15, 0.2) is 5.82 Å². The zero-order valence-electron chi connectivity index (χ0n) is 11.5. The van der Waals surface area contributed by atoms with Crippen molar-refractivity contribution in [3.05, 3.63) is 18.2 Å². The van der Waals surface area contributed by atoms with Crippen LogP contribution in [0.4, 0.5) is 8.78 Å². The Hall–Kier alpha value is -1.50. The highest BCUT2D eigenvalue weighted by Gasteiger charge is 2.29. The molecule has 0 spiro atoms. The van der Waals surface area contributed by atoms with Gasteiger partial charge in [0.25, 0.3) is 0 Å². The van der Waals surface area contributed by atoms with Crippen LogP contribution in [0.2, 0.25) is 0 Å². The second-order valence-electron chi connectivity index (χ2n) is 4.78. The summed E-state index contributed by atoms with van der Waals surface area (Å²) in [5.74, 6) is -0.289. The van der Waals surface area contributed by atoms with Gasteiger partial charge in [0.2, 0.25) is 0 Å². The Morgan fingerprint density at radius 1 is 1.55 bits per heavy atom. The van der Waals surface area contributed by atoms with E-state index in [0.29, 0.717) is 4.57 Å². The van der Waals surface area contributed by atoms with Gasteiger partial charge in [0.1, 0.15) is 12.6 Å². The Bertz CT molecular complexity index is 451.